The van der Waals surface area contributed by atoms with Crippen molar-refractivity contribution in [1.82, 2.24) is 15.1 Å². The molecule has 2 aromatic carbocycles. The fourth-order valence-corrected chi connectivity index (χ4v) is 4.69. The molecule has 2 heterocycles. The topological polar surface area (TPSA) is 105 Å². The first-order chi connectivity index (χ1) is 19.2. The van der Waals surface area contributed by atoms with Crippen LogP contribution in [0.1, 0.15) is 68.1 Å². The molecule has 1 aromatic heterocycles. The maximum atomic E-state index is 14.0. The van der Waals surface area contributed by atoms with Gasteiger partial charge in [-0.3, -0.25) is 4.79 Å². The van der Waals surface area contributed by atoms with Crippen LogP contribution >= 0.6 is 0 Å². The van der Waals surface area contributed by atoms with Crippen LogP contribution in [0.2, 0.25) is 0 Å². The minimum atomic E-state index is -5.00. The van der Waals surface area contributed by atoms with E-state index in [1.807, 2.05) is 0 Å². The molecule has 0 saturated carbocycles. The van der Waals surface area contributed by atoms with Crippen LogP contribution in [-0.2, 0) is 36.7 Å². The van der Waals surface area contributed by atoms with Gasteiger partial charge in [0.2, 0.25) is 0 Å². The number of nitrogens with one attached hydrogen (secondary N) is 1. The summed E-state index contributed by atoms with van der Waals surface area (Å²) in [7, 11) is 0. The van der Waals surface area contributed by atoms with Gasteiger partial charge in [0.05, 0.1) is 23.7 Å². The Labute approximate surface area is 229 Å². The zero-order chi connectivity index (χ0) is 30.1. The van der Waals surface area contributed by atoms with Gasteiger partial charge in [0.1, 0.15) is 17.7 Å². The zero-order valence-corrected chi connectivity index (χ0v) is 21.5. The highest BCUT2D eigenvalue weighted by molar-refractivity contribution is 6.01. The number of carboxylic acid groups (broad SMARTS) is 1. The molecule has 8 nitrogen and oxygen atoms in total. The molecule has 0 spiro atoms. The molecule has 41 heavy (non-hydrogen) atoms. The van der Waals surface area contributed by atoms with E-state index < -0.39 is 47.1 Å². The van der Waals surface area contributed by atoms with Crippen LogP contribution in [-0.4, -0.2) is 39.6 Å². The maximum Gasteiger partial charge on any atom is 0.436 e. The highest BCUT2D eigenvalue weighted by Crippen LogP contribution is 2.39. The molecule has 0 saturated heterocycles. The second-order valence-electron chi connectivity index (χ2n) is 9.55. The predicted molar refractivity (Wildman–Crippen MR) is 133 cm³/mol. The average molecular weight is 583 g/mol. The first-order valence-electron chi connectivity index (χ1n) is 12.4. The van der Waals surface area contributed by atoms with Crippen molar-refractivity contribution in [2.75, 3.05) is 11.4 Å². The smallest absolute Gasteiger partial charge is 0.436 e. The molecule has 0 bridgehead atoms. The number of carboxylic acids is 1. The molecule has 0 aliphatic carbocycles. The quantitative estimate of drug-likeness (QED) is 0.264. The number of halogens is 6. The number of carbonyl (C=O) groups excluding carboxylic acids is 2. The van der Waals surface area contributed by atoms with Crippen molar-refractivity contribution in [2.24, 2.45) is 0 Å². The number of benzene rings is 2. The summed E-state index contributed by atoms with van der Waals surface area (Å²) in [5, 5.41) is 15.2. The van der Waals surface area contributed by atoms with Crippen molar-refractivity contribution in [2.45, 2.75) is 51.2 Å². The van der Waals surface area contributed by atoms with Crippen LogP contribution < -0.4 is 10.2 Å². The molecule has 1 aliphatic rings. The predicted octanol–water partition coefficient (Wildman–Crippen LogP) is 5.26. The summed E-state index contributed by atoms with van der Waals surface area (Å²) in [6, 6.07) is 7.86. The Bertz CT molecular complexity index is 1460. The molecule has 0 radical (unpaired) electrons. The second kappa shape index (κ2) is 11.3. The van der Waals surface area contributed by atoms with Gasteiger partial charge >= 0.3 is 18.3 Å². The Balaban J connectivity index is 1.68. The minimum absolute atomic E-state index is 0.00623. The van der Waals surface area contributed by atoms with Crippen molar-refractivity contribution in [3.8, 4) is 0 Å². The highest BCUT2D eigenvalue weighted by atomic mass is 19.4. The molecule has 1 amide bonds. The lowest BCUT2D eigenvalue weighted by atomic mass is 10.0. The molecule has 4 rings (SSSR count). The van der Waals surface area contributed by atoms with Crippen molar-refractivity contribution in [1.29, 1.82) is 0 Å². The fourth-order valence-electron chi connectivity index (χ4n) is 4.69. The first kappa shape index (κ1) is 29.6. The van der Waals surface area contributed by atoms with Crippen LogP contribution in [0.3, 0.4) is 0 Å². The summed E-state index contributed by atoms with van der Waals surface area (Å²) >= 11 is 0. The molecule has 1 unspecified atom stereocenters. The number of amides is 1. The van der Waals surface area contributed by atoms with Gasteiger partial charge in [-0.25, -0.2) is 9.48 Å². The van der Waals surface area contributed by atoms with Gasteiger partial charge < -0.3 is 20.1 Å². The van der Waals surface area contributed by atoms with E-state index in [1.54, 1.807) is 0 Å². The summed E-state index contributed by atoms with van der Waals surface area (Å²) in [5.74, 6) is -2.46. The van der Waals surface area contributed by atoms with Crippen molar-refractivity contribution in [3.63, 3.8) is 0 Å². The lowest BCUT2D eigenvalue weighted by Crippen LogP contribution is -2.31. The molecule has 1 aliphatic heterocycles. The number of aromatic carboxylic acids is 1. The Morgan fingerprint density at radius 3 is 2.27 bits per heavy atom. The Kier molecular flexibility index (Phi) is 8.13. The largest absolute Gasteiger partial charge is 0.478 e. The van der Waals surface area contributed by atoms with E-state index in [9.17, 15) is 40.7 Å². The number of nitrogens with zero attached hydrogens (tertiary/aromatic N) is 3. The van der Waals surface area contributed by atoms with Crippen LogP contribution in [0.25, 0.3) is 0 Å². The van der Waals surface area contributed by atoms with E-state index in [2.05, 4.69) is 10.4 Å². The molecule has 2 N–H and O–H groups in total. The lowest BCUT2D eigenvalue weighted by molar-refractivity contribution is -0.142. The van der Waals surface area contributed by atoms with Gasteiger partial charge in [-0.1, -0.05) is 18.2 Å². The SMILES string of the molecule is CC(NC(=O)c1c(C(F)(F)F)nn2c1N(Cc1cc(CCC=O)cc(C(F)(F)F)c1)CC2)c1ccc(C(=O)O)cc1. The van der Waals surface area contributed by atoms with Crippen molar-refractivity contribution in [3.05, 3.63) is 81.5 Å². The third-order valence-electron chi connectivity index (χ3n) is 6.61. The number of aromatic nitrogens is 2. The van der Waals surface area contributed by atoms with Gasteiger partial charge in [0.25, 0.3) is 5.91 Å². The van der Waals surface area contributed by atoms with Gasteiger partial charge in [-0.05, 0) is 54.3 Å². The second-order valence-corrected chi connectivity index (χ2v) is 9.55. The number of hydrogen-bond donors (Lipinski definition) is 2. The van der Waals surface area contributed by atoms with Crippen molar-refractivity contribution < 1.29 is 45.8 Å². The standard InChI is InChI=1S/C27H24F6N4O4/c1-15(18-4-6-19(7-5-18)25(40)41)34-23(39)21-22(27(31,32)33)35-37-9-8-36(24(21)37)14-17-11-16(3-2-10-38)12-20(13-17)26(28,29)30/h4-7,10-13,15H,2-3,8-9,14H2,1H3,(H,34,39)(H,40,41). The lowest BCUT2D eigenvalue weighted by Gasteiger charge is -2.22. The highest BCUT2D eigenvalue weighted by Gasteiger charge is 2.44. The van der Waals surface area contributed by atoms with E-state index in [-0.39, 0.29) is 55.0 Å². The summed E-state index contributed by atoms with van der Waals surface area (Å²) in [4.78, 5) is 36.5. The van der Waals surface area contributed by atoms with Crippen LogP contribution in [0, 0.1) is 0 Å². The molecule has 0 fully saturated rings. The number of carbonyl (C=O) groups is 3. The first-order valence-corrected chi connectivity index (χ1v) is 12.4. The molecule has 14 heteroatoms. The van der Waals surface area contributed by atoms with E-state index in [1.165, 1.54) is 42.2 Å². The molecular weight excluding hydrogens is 558 g/mol. The normalized spacial score (nSPS) is 14.1. The fraction of sp³-hybridized carbons (Fsp3) is 0.333. The number of aldehydes is 1. The third kappa shape index (κ3) is 6.52. The van der Waals surface area contributed by atoms with E-state index in [0.29, 0.717) is 11.8 Å². The average Bonchev–Trinajstić information content (AvgIpc) is 3.47. The summed E-state index contributed by atoms with van der Waals surface area (Å²) < 4.78 is 83.5. The number of rotatable bonds is 9. The monoisotopic (exact) mass is 582 g/mol. The molecule has 3 aromatic rings. The number of hydrogen-bond acceptors (Lipinski definition) is 5. The maximum absolute atomic E-state index is 14.0. The van der Waals surface area contributed by atoms with E-state index in [0.717, 1.165) is 16.8 Å². The zero-order valence-electron chi connectivity index (χ0n) is 21.5. The van der Waals surface area contributed by atoms with E-state index >= 15 is 0 Å². The van der Waals surface area contributed by atoms with Gasteiger partial charge in [0.15, 0.2) is 5.69 Å². The summed E-state index contributed by atoms with van der Waals surface area (Å²) in [6.45, 7) is 1.32. The van der Waals surface area contributed by atoms with Gasteiger partial charge in [0, 0.05) is 19.5 Å². The number of alkyl halides is 6. The Morgan fingerprint density at radius 1 is 1.02 bits per heavy atom. The van der Waals surface area contributed by atoms with Gasteiger partial charge in [-0.2, -0.15) is 31.4 Å². The third-order valence-corrected chi connectivity index (χ3v) is 6.61. The Hall–Kier alpha value is -4.36. The van der Waals surface area contributed by atoms with Crippen LogP contribution in [0.4, 0.5) is 32.2 Å². The molecule has 218 valence electrons. The van der Waals surface area contributed by atoms with E-state index in [4.69, 9.17) is 5.11 Å². The number of fused-ring (bicyclic) bond motifs is 1. The van der Waals surface area contributed by atoms with Crippen molar-refractivity contribution >= 4 is 24.0 Å². The van der Waals surface area contributed by atoms with Crippen LogP contribution in [0.15, 0.2) is 42.5 Å². The van der Waals surface area contributed by atoms with Crippen LogP contribution in [0.5, 0.6) is 0 Å². The van der Waals surface area contributed by atoms with Gasteiger partial charge in [-0.15, -0.1) is 0 Å². The number of aryl methyl sites for hydroxylation is 1. The Morgan fingerprint density at radius 2 is 1.68 bits per heavy atom. The minimum Gasteiger partial charge on any atom is -0.478 e. The summed E-state index contributed by atoms with van der Waals surface area (Å²) in [5.41, 5.74) is -2.35. The summed E-state index contributed by atoms with van der Waals surface area (Å²) in [6.07, 6.45) is -9.07. The number of anilines is 1. The molecular formula is C27H24F6N4O4. The molecule has 1 atom stereocenters.